The van der Waals surface area contributed by atoms with Crippen molar-refractivity contribution in [1.29, 1.82) is 10.5 Å². The second-order valence-corrected chi connectivity index (χ2v) is 16.4. The van der Waals surface area contributed by atoms with Gasteiger partial charge in [-0.2, -0.15) is 10.5 Å². The molecule has 0 saturated heterocycles. The van der Waals surface area contributed by atoms with Crippen molar-refractivity contribution < 1.29 is 9.47 Å². The Kier molecular flexibility index (Phi) is 20.2. The topological polar surface area (TPSA) is 66.0 Å². The smallest absolute Gasteiger partial charge is 0.127 e. The fourth-order valence-corrected chi connectivity index (χ4v) is 7.21. The molecule has 0 bridgehead atoms. The zero-order valence-electron chi connectivity index (χ0n) is 36.2. The van der Waals surface area contributed by atoms with E-state index in [2.05, 4.69) is 86.7 Å². The highest BCUT2D eigenvalue weighted by atomic mass is 35.5. The predicted octanol–water partition coefficient (Wildman–Crippen LogP) is 16.9. The Morgan fingerprint density at radius 1 is 0.452 bits per heavy atom. The second-order valence-electron chi connectivity index (χ2n) is 15.5. The van der Waals surface area contributed by atoms with Crippen molar-refractivity contribution in [3.63, 3.8) is 0 Å². The van der Waals surface area contributed by atoms with Gasteiger partial charge in [-0.25, -0.2) is 0 Å². The van der Waals surface area contributed by atoms with Gasteiger partial charge in [0.1, 0.15) is 11.5 Å². The first-order valence-electron chi connectivity index (χ1n) is 22.1. The summed E-state index contributed by atoms with van der Waals surface area (Å²) in [6.07, 6.45) is 26.4. The molecule has 0 fully saturated rings. The SMILES string of the molecule is CCCCCCCCOc1cc(/C=C/c2ccc(/C=C(/C#N)c3ccc(Cl)cc3)cc2)c(OCCCCCCCC)cc1/C=C/c1ccc(/C=C(/C#N)c2ccc(Cl)cc2)cc1. The molecular weight excluding hydrogens is 804 g/mol. The molecule has 62 heavy (non-hydrogen) atoms. The number of allylic oxidation sites excluding steroid dienone is 2. The van der Waals surface area contributed by atoms with Gasteiger partial charge in [-0.05, 0) is 94.8 Å². The van der Waals surface area contributed by atoms with Crippen LogP contribution in [-0.2, 0) is 0 Å². The molecule has 318 valence electrons. The molecule has 0 radical (unpaired) electrons. The first kappa shape index (κ1) is 47.3. The van der Waals surface area contributed by atoms with E-state index in [1.165, 1.54) is 51.4 Å². The molecule has 0 spiro atoms. The first-order chi connectivity index (χ1) is 30.4. The molecule has 0 atom stereocenters. The fourth-order valence-electron chi connectivity index (χ4n) is 6.96. The molecule has 0 heterocycles. The van der Waals surface area contributed by atoms with Crippen LogP contribution in [0.15, 0.2) is 109 Å². The van der Waals surface area contributed by atoms with E-state index in [1.54, 1.807) is 24.3 Å². The minimum atomic E-state index is 0.577. The largest absolute Gasteiger partial charge is 0.493 e. The third-order valence-electron chi connectivity index (χ3n) is 10.6. The summed E-state index contributed by atoms with van der Waals surface area (Å²) in [6, 6.07) is 39.8. The molecule has 0 saturated carbocycles. The second kappa shape index (κ2) is 26.5. The average Bonchev–Trinajstić information content (AvgIpc) is 3.30. The Balaban J connectivity index is 1.41. The molecule has 5 aromatic carbocycles. The van der Waals surface area contributed by atoms with E-state index in [-0.39, 0.29) is 0 Å². The highest BCUT2D eigenvalue weighted by Crippen LogP contribution is 2.33. The van der Waals surface area contributed by atoms with Gasteiger partial charge in [0.05, 0.1) is 36.5 Å². The molecule has 0 amide bonds. The minimum absolute atomic E-state index is 0.577. The summed E-state index contributed by atoms with van der Waals surface area (Å²) in [7, 11) is 0. The highest BCUT2D eigenvalue weighted by Gasteiger charge is 2.11. The van der Waals surface area contributed by atoms with E-state index in [4.69, 9.17) is 32.7 Å². The van der Waals surface area contributed by atoms with E-state index < -0.39 is 0 Å². The first-order valence-corrected chi connectivity index (χ1v) is 22.9. The van der Waals surface area contributed by atoms with Crippen LogP contribution in [0.2, 0.25) is 10.0 Å². The van der Waals surface area contributed by atoms with Crippen LogP contribution < -0.4 is 9.47 Å². The maximum absolute atomic E-state index is 9.85. The van der Waals surface area contributed by atoms with Gasteiger partial charge in [0.25, 0.3) is 0 Å². The highest BCUT2D eigenvalue weighted by molar-refractivity contribution is 6.31. The maximum Gasteiger partial charge on any atom is 0.127 e. The van der Waals surface area contributed by atoms with Crippen molar-refractivity contribution >= 4 is 70.8 Å². The standard InChI is InChI=1S/C56H58Cl2N2O2/c1-3-5-7-9-11-13-35-61-55-39-50(26-24-44-17-21-46(22-18-44)38-52(42-60)48-29-33-54(58)34-30-48)56(62-36-14-12-10-8-6-4-2)40-49(55)25-23-43-15-19-45(20-16-43)37-51(41-59)47-27-31-53(57)32-28-47/h15-34,37-40H,3-14,35-36H2,1-2H3/b25-23+,26-24+,51-37-,52-38-. The van der Waals surface area contributed by atoms with Crippen molar-refractivity contribution in [2.75, 3.05) is 13.2 Å². The lowest BCUT2D eigenvalue weighted by Crippen LogP contribution is -2.03. The van der Waals surface area contributed by atoms with E-state index in [0.717, 1.165) is 81.7 Å². The number of halogens is 2. The zero-order chi connectivity index (χ0) is 43.8. The van der Waals surface area contributed by atoms with Gasteiger partial charge >= 0.3 is 0 Å². The quantitative estimate of drug-likeness (QED) is 0.0352. The molecule has 0 unspecified atom stereocenters. The summed E-state index contributed by atoms with van der Waals surface area (Å²) in [6.45, 7) is 5.76. The number of nitriles is 2. The van der Waals surface area contributed by atoms with Crippen LogP contribution in [0.4, 0.5) is 0 Å². The van der Waals surface area contributed by atoms with Gasteiger partial charge < -0.3 is 9.47 Å². The molecule has 0 aliphatic heterocycles. The van der Waals surface area contributed by atoms with E-state index in [0.29, 0.717) is 34.4 Å². The van der Waals surface area contributed by atoms with Gasteiger partial charge in [0.2, 0.25) is 0 Å². The van der Waals surface area contributed by atoms with Crippen LogP contribution in [0.5, 0.6) is 11.5 Å². The van der Waals surface area contributed by atoms with Crippen LogP contribution in [0.25, 0.3) is 47.6 Å². The van der Waals surface area contributed by atoms with Crippen molar-refractivity contribution in [3.8, 4) is 23.6 Å². The maximum atomic E-state index is 9.85. The Morgan fingerprint density at radius 3 is 1.15 bits per heavy atom. The zero-order valence-corrected chi connectivity index (χ0v) is 37.7. The van der Waals surface area contributed by atoms with E-state index >= 15 is 0 Å². The van der Waals surface area contributed by atoms with Crippen LogP contribution in [0, 0.1) is 22.7 Å². The Labute approximate surface area is 380 Å². The molecule has 0 aliphatic carbocycles. The van der Waals surface area contributed by atoms with Crippen LogP contribution in [-0.4, -0.2) is 13.2 Å². The van der Waals surface area contributed by atoms with Gasteiger partial charge in [-0.3, -0.25) is 0 Å². The fraction of sp³-hybridized carbons (Fsp3) is 0.286. The summed E-state index contributed by atoms with van der Waals surface area (Å²) < 4.78 is 13.1. The number of benzene rings is 5. The Hall–Kier alpha value is -5.78. The summed E-state index contributed by atoms with van der Waals surface area (Å²) in [5.74, 6) is 1.63. The van der Waals surface area contributed by atoms with Gasteiger partial charge in [-0.15, -0.1) is 0 Å². The number of unbranched alkanes of at least 4 members (excludes halogenated alkanes) is 10. The monoisotopic (exact) mass is 860 g/mol. The average molecular weight is 862 g/mol. The van der Waals surface area contributed by atoms with Crippen LogP contribution in [0.1, 0.15) is 135 Å². The summed E-state index contributed by atoms with van der Waals surface area (Å²) in [5, 5.41) is 21.0. The third-order valence-corrected chi connectivity index (χ3v) is 11.1. The number of nitrogens with zero attached hydrogens (tertiary/aromatic N) is 2. The van der Waals surface area contributed by atoms with Crippen molar-refractivity contribution in [2.24, 2.45) is 0 Å². The van der Waals surface area contributed by atoms with E-state index in [9.17, 15) is 10.5 Å². The van der Waals surface area contributed by atoms with Crippen molar-refractivity contribution in [3.05, 3.63) is 164 Å². The Morgan fingerprint density at radius 2 is 0.790 bits per heavy atom. The molecule has 0 aromatic heterocycles. The third kappa shape index (κ3) is 15.9. The predicted molar refractivity (Wildman–Crippen MR) is 265 cm³/mol. The number of hydrogen-bond donors (Lipinski definition) is 0. The molecule has 5 aromatic rings. The van der Waals surface area contributed by atoms with Gasteiger partial charge in [0, 0.05) is 21.2 Å². The summed E-state index contributed by atoms with van der Waals surface area (Å²) in [4.78, 5) is 0. The molecule has 0 aliphatic rings. The minimum Gasteiger partial charge on any atom is -0.493 e. The molecule has 0 N–H and O–H groups in total. The van der Waals surface area contributed by atoms with Gasteiger partial charge in [0.15, 0.2) is 0 Å². The van der Waals surface area contributed by atoms with Crippen LogP contribution >= 0.6 is 23.2 Å². The Bertz CT molecular complexity index is 2170. The molecular formula is C56H58Cl2N2O2. The van der Waals surface area contributed by atoms with Gasteiger partial charge in [-0.1, -0.05) is 198 Å². The lowest BCUT2D eigenvalue weighted by atomic mass is 10.0. The number of hydrogen-bond acceptors (Lipinski definition) is 4. The van der Waals surface area contributed by atoms with Crippen molar-refractivity contribution in [1.82, 2.24) is 0 Å². The lowest BCUT2D eigenvalue weighted by molar-refractivity contribution is 0.295. The molecule has 4 nitrogen and oxygen atoms in total. The molecule has 5 rings (SSSR count). The summed E-state index contributed by atoms with van der Waals surface area (Å²) >= 11 is 12.1. The van der Waals surface area contributed by atoms with E-state index in [1.807, 2.05) is 60.7 Å². The number of ether oxygens (including phenoxy) is 2. The summed E-state index contributed by atoms with van der Waals surface area (Å²) in [5.41, 5.74) is 8.65. The number of rotatable bonds is 24. The van der Waals surface area contributed by atoms with Crippen molar-refractivity contribution in [2.45, 2.75) is 90.9 Å². The van der Waals surface area contributed by atoms with Crippen LogP contribution in [0.3, 0.4) is 0 Å². The normalized spacial score (nSPS) is 11.8. The lowest BCUT2D eigenvalue weighted by Gasteiger charge is -2.16. The molecule has 6 heteroatoms.